The number of benzene rings is 1. The smallest absolute Gasteiger partial charge is 0.124 e. The van der Waals surface area contributed by atoms with Crippen LogP contribution >= 0.6 is 11.6 Å². The summed E-state index contributed by atoms with van der Waals surface area (Å²) >= 11 is 6.03. The fourth-order valence-corrected chi connectivity index (χ4v) is 2.59. The molecule has 1 saturated heterocycles. The first-order chi connectivity index (χ1) is 8.90. The summed E-state index contributed by atoms with van der Waals surface area (Å²) in [5.74, 6) is -0.0384. The van der Waals surface area contributed by atoms with Crippen LogP contribution in [0, 0.1) is 16.6 Å². The van der Waals surface area contributed by atoms with Crippen molar-refractivity contribution >= 4 is 17.4 Å². The van der Waals surface area contributed by atoms with Crippen molar-refractivity contribution in [2.24, 2.45) is 11.1 Å². The Balaban J connectivity index is 1.98. The number of likely N-dealkylation sites (tertiary alicyclic amines) is 1. The number of hydrogen-bond acceptors (Lipinski definition) is 2. The molecule has 3 nitrogen and oxygen atoms in total. The lowest BCUT2D eigenvalue weighted by molar-refractivity contribution is 0.156. The molecule has 0 aromatic heterocycles. The van der Waals surface area contributed by atoms with Crippen molar-refractivity contribution < 1.29 is 4.39 Å². The van der Waals surface area contributed by atoms with Crippen molar-refractivity contribution in [3.63, 3.8) is 0 Å². The predicted octanol–water partition coefficient (Wildman–Crippen LogP) is 3.02. The van der Waals surface area contributed by atoms with E-state index in [9.17, 15) is 4.39 Å². The minimum Gasteiger partial charge on any atom is -0.387 e. The van der Waals surface area contributed by atoms with Gasteiger partial charge in [-0.3, -0.25) is 10.3 Å². The van der Waals surface area contributed by atoms with Crippen LogP contribution in [0.3, 0.4) is 0 Å². The van der Waals surface area contributed by atoms with Gasteiger partial charge in [0.05, 0.1) is 5.84 Å². The monoisotopic (exact) mass is 283 g/mol. The third-order valence-corrected chi connectivity index (χ3v) is 4.37. The third kappa shape index (κ3) is 3.25. The summed E-state index contributed by atoms with van der Waals surface area (Å²) in [5, 5.41) is 8.10. The molecule has 2 rings (SSSR count). The van der Waals surface area contributed by atoms with Gasteiger partial charge >= 0.3 is 0 Å². The normalized spacial score (nSPS) is 19.3. The number of halogens is 2. The summed E-state index contributed by atoms with van der Waals surface area (Å²) in [6.45, 7) is 4.51. The zero-order chi connectivity index (χ0) is 14.0. The summed E-state index contributed by atoms with van der Waals surface area (Å²) < 4.78 is 13.0. The SMILES string of the molecule is CC1(C(=N)N)CCN(Cc2ccc(F)cc2Cl)CC1. The maximum absolute atomic E-state index is 13.0. The van der Waals surface area contributed by atoms with Gasteiger partial charge in [0.25, 0.3) is 0 Å². The van der Waals surface area contributed by atoms with E-state index in [1.54, 1.807) is 6.07 Å². The molecule has 1 aromatic rings. The van der Waals surface area contributed by atoms with Crippen molar-refractivity contribution in [2.75, 3.05) is 13.1 Å². The second kappa shape index (κ2) is 5.47. The number of nitrogens with two attached hydrogens (primary N) is 1. The Morgan fingerprint density at radius 2 is 2.11 bits per heavy atom. The van der Waals surface area contributed by atoms with Crippen LogP contribution in [0.1, 0.15) is 25.3 Å². The molecule has 0 bridgehead atoms. The molecule has 1 heterocycles. The fraction of sp³-hybridized carbons (Fsp3) is 0.500. The predicted molar refractivity (Wildman–Crippen MR) is 75.9 cm³/mol. The molecule has 19 heavy (non-hydrogen) atoms. The first-order valence-corrected chi connectivity index (χ1v) is 6.79. The fourth-order valence-electron chi connectivity index (χ4n) is 2.36. The molecule has 0 saturated carbocycles. The molecule has 1 fully saturated rings. The lowest BCUT2D eigenvalue weighted by atomic mass is 9.79. The number of nitrogens with one attached hydrogen (secondary N) is 1. The Bertz CT molecular complexity index is 482. The van der Waals surface area contributed by atoms with E-state index in [0.717, 1.165) is 31.5 Å². The quantitative estimate of drug-likeness (QED) is 0.662. The first kappa shape index (κ1) is 14.3. The maximum Gasteiger partial charge on any atom is 0.124 e. The highest BCUT2D eigenvalue weighted by atomic mass is 35.5. The van der Waals surface area contributed by atoms with Gasteiger partial charge in [0.15, 0.2) is 0 Å². The zero-order valence-electron chi connectivity index (χ0n) is 11.0. The molecular weight excluding hydrogens is 265 g/mol. The summed E-state index contributed by atoms with van der Waals surface area (Å²) in [6.07, 6.45) is 1.75. The van der Waals surface area contributed by atoms with Gasteiger partial charge in [-0.1, -0.05) is 24.6 Å². The van der Waals surface area contributed by atoms with Gasteiger partial charge in [-0.15, -0.1) is 0 Å². The lowest BCUT2D eigenvalue weighted by Gasteiger charge is -2.38. The van der Waals surface area contributed by atoms with Crippen LogP contribution in [-0.4, -0.2) is 23.8 Å². The van der Waals surface area contributed by atoms with E-state index < -0.39 is 0 Å². The molecule has 5 heteroatoms. The Morgan fingerprint density at radius 3 is 2.63 bits per heavy atom. The molecule has 0 atom stereocenters. The number of amidine groups is 1. The van der Waals surface area contributed by atoms with Crippen LogP contribution in [0.2, 0.25) is 5.02 Å². The summed E-state index contributed by atoms with van der Waals surface area (Å²) in [4.78, 5) is 2.27. The van der Waals surface area contributed by atoms with Crippen LogP contribution < -0.4 is 5.73 Å². The molecule has 0 aliphatic carbocycles. The summed E-state index contributed by atoms with van der Waals surface area (Å²) in [7, 11) is 0. The van der Waals surface area contributed by atoms with Crippen LogP contribution in [0.15, 0.2) is 18.2 Å². The summed E-state index contributed by atoms with van der Waals surface area (Å²) in [5.41, 5.74) is 6.40. The van der Waals surface area contributed by atoms with E-state index in [-0.39, 0.29) is 17.1 Å². The second-order valence-corrected chi connectivity index (χ2v) is 5.89. The second-order valence-electron chi connectivity index (χ2n) is 5.49. The van der Waals surface area contributed by atoms with Crippen LogP contribution in [0.5, 0.6) is 0 Å². The molecular formula is C14H19ClFN3. The highest BCUT2D eigenvalue weighted by Gasteiger charge is 2.32. The van der Waals surface area contributed by atoms with Crippen molar-refractivity contribution in [2.45, 2.75) is 26.3 Å². The molecule has 0 spiro atoms. The standard InChI is InChI=1S/C14H19ClFN3/c1-14(13(17)18)4-6-19(7-5-14)9-10-2-3-11(16)8-12(10)15/h2-3,8H,4-7,9H2,1H3,(H3,17,18). The van der Waals surface area contributed by atoms with Crippen LogP contribution in [-0.2, 0) is 6.54 Å². The van der Waals surface area contributed by atoms with E-state index in [0.29, 0.717) is 11.6 Å². The average Bonchev–Trinajstić information content (AvgIpc) is 2.35. The van der Waals surface area contributed by atoms with Gasteiger partial charge in [0.1, 0.15) is 5.82 Å². The Hall–Kier alpha value is -1.13. The minimum absolute atomic E-state index is 0.177. The number of hydrogen-bond donors (Lipinski definition) is 2. The van der Waals surface area contributed by atoms with Gasteiger partial charge in [0.2, 0.25) is 0 Å². The molecule has 0 radical (unpaired) electrons. The van der Waals surface area contributed by atoms with Gasteiger partial charge in [-0.05, 0) is 43.6 Å². The van der Waals surface area contributed by atoms with Gasteiger partial charge in [-0.2, -0.15) is 0 Å². The zero-order valence-corrected chi connectivity index (χ0v) is 11.8. The Kier molecular flexibility index (Phi) is 4.11. The van der Waals surface area contributed by atoms with Crippen LogP contribution in [0.25, 0.3) is 0 Å². The molecule has 1 aromatic carbocycles. The number of nitrogens with zero attached hydrogens (tertiary/aromatic N) is 1. The highest BCUT2D eigenvalue weighted by Crippen LogP contribution is 2.31. The van der Waals surface area contributed by atoms with Crippen molar-refractivity contribution in [1.82, 2.24) is 4.90 Å². The van der Waals surface area contributed by atoms with E-state index in [1.165, 1.54) is 12.1 Å². The van der Waals surface area contributed by atoms with Crippen molar-refractivity contribution in [3.8, 4) is 0 Å². The molecule has 1 aliphatic heterocycles. The average molecular weight is 284 g/mol. The molecule has 1 aliphatic rings. The van der Waals surface area contributed by atoms with Crippen molar-refractivity contribution in [1.29, 1.82) is 5.41 Å². The Morgan fingerprint density at radius 1 is 1.47 bits per heavy atom. The number of piperidine rings is 1. The largest absolute Gasteiger partial charge is 0.387 e. The van der Waals surface area contributed by atoms with E-state index in [4.69, 9.17) is 22.7 Å². The van der Waals surface area contributed by atoms with Crippen LogP contribution in [0.4, 0.5) is 4.39 Å². The molecule has 0 amide bonds. The Labute approximate surface area is 118 Å². The van der Waals surface area contributed by atoms with E-state index >= 15 is 0 Å². The van der Waals surface area contributed by atoms with E-state index in [1.807, 2.05) is 6.92 Å². The highest BCUT2D eigenvalue weighted by molar-refractivity contribution is 6.31. The van der Waals surface area contributed by atoms with Crippen molar-refractivity contribution in [3.05, 3.63) is 34.6 Å². The van der Waals surface area contributed by atoms with Gasteiger partial charge in [0, 0.05) is 17.0 Å². The maximum atomic E-state index is 13.0. The molecule has 0 unspecified atom stereocenters. The molecule has 104 valence electrons. The topological polar surface area (TPSA) is 53.1 Å². The lowest BCUT2D eigenvalue weighted by Crippen LogP contribution is -2.44. The van der Waals surface area contributed by atoms with Gasteiger partial charge < -0.3 is 5.73 Å². The first-order valence-electron chi connectivity index (χ1n) is 6.41. The minimum atomic E-state index is -0.309. The van der Waals surface area contributed by atoms with E-state index in [2.05, 4.69) is 4.90 Å². The molecule has 3 N–H and O–H groups in total. The third-order valence-electron chi connectivity index (χ3n) is 4.02. The van der Waals surface area contributed by atoms with Gasteiger partial charge in [-0.25, -0.2) is 4.39 Å². The summed E-state index contributed by atoms with van der Waals surface area (Å²) in [6, 6.07) is 4.52. The number of rotatable bonds is 3.